The Morgan fingerprint density at radius 2 is 2.03 bits per heavy atom. The Hall–Kier alpha value is -3.42. The Morgan fingerprint density at radius 1 is 1.25 bits per heavy atom. The predicted octanol–water partition coefficient (Wildman–Crippen LogP) is 6.18. The molecule has 1 aliphatic rings. The molecule has 1 aliphatic heterocycles. The van der Waals surface area contributed by atoms with Crippen LogP contribution >= 0.6 is 11.3 Å². The van der Waals surface area contributed by atoms with E-state index in [1.165, 1.54) is 17.2 Å². The number of H-pyrrole nitrogens is 1. The number of hydrogen-bond donors (Lipinski definition) is 2. The molecular weight excluding hydrogens is 485 g/mol. The maximum absolute atomic E-state index is 12.9. The van der Waals surface area contributed by atoms with Crippen LogP contribution in [0.3, 0.4) is 0 Å². The smallest absolute Gasteiger partial charge is 0.367 e. The molecule has 186 valence electrons. The van der Waals surface area contributed by atoms with Crippen molar-refractivity contribution in [1.82, 2.24) is 19.9 Å². The summed E-state index contributed by atoms with van der Waals surface area (Å²) in [5.41, 5.74) is 3.95. The van der Waals surface area contributed by atoms with Gasteiger partial charge in [0, 0.05) is 41.5 Å². The number of fused-ring (bicyclic) bond motifs is 2. The Balaban J connectivity index is 1.27. The molecule has 6 nitrogen and oxygen atoms in total. The second-order valence-electron chi connectivity index (χ2n) is 9.16. The molecule has 0 atom stereocenters. The van der Waals surface area contributed by atoms with Crippen LogP contribution in [0.15, 0.2) is 30.8 Å². The van der Waals surface area contributed by atoms with Crippen LogP contribution in [-0.2, 0) is 13.0 Å². The van der Waals surface area contributed by atoms with Gasteiger partial charge in [-0.15, -0.1) is 11.3 Å². The van der Waals surface area contributed by atoms with Crippen molar-refractivity contribution in [3.05, 3.63) is 58.4 Å². The number of alkyl halides is 3. The molecule has 1 saturated heterocycles. The van der Waals surface area contributed by atoms with Gasteiger partial charge in [-0.05, 0) is 55.2 Å². The minimum atomic E-state index is -4.27. The molecule has 4 aromatic rings. The molecule has 0 amide bonds. The third-order valence-corrected chi connectivity index (χ3v) is 7.68. The quantitative estimate of drug-likeness (QED) is 0.324. The number of aryl methyl sites for hydroxylation is 1. The van der Waals surface area contributed by atoms with Crippen molar-refractivity contribution in [2.45, 2.75) is 44.9 Å². The van der Waals surface area contributed by atoms with Gasteiger partial charge in [-0.3, -0.25) is 4.90 Å². The number of piperidine rings is 1. The van der Waals surface area contributed by atoms with Crippen molar-refractivity contribution in [1.29, 1.82) is 5.26 Å². The van der Waals surface area contributed by atoms with Gasteiger partial charge in [0.2, 0.25) is 0 Å². The molecule has 4 heterocycles. The molecule has 0 bridgehead atoms. The van der Waals surface area contributed by atoms with E-state index in [4.69, 9.17) is 0 Å². The van der Waals surface area contributed by atoms with E-state index in [2.05, 4.69) is 50.8 Å². The van der Waals surface area contributed by atoms with Crippen LogP contribution in [0.1, 0.15) is 40.4 Å². The van der Waals surface area contributed by atoms with E-state index in [0.29, 0.717) is 27.6 Å². The van der Waals surface area contributed by atoms with Crippen LogP contribution in [0.2, 0.25) is 0 Å². The lowest BCUT2D eigenvalue weighted by Crippen LogP contribution is -2.39. The number of likely N-dealkylation sites (tertiary alicyclic amines) is 1. The molecule has 36 heavy (non-hydrogen) atoms. The largest absolute Gasteiger partial charge is 0.393 e. The number of aromatic nitrogens is 3. The number of hydrogen-bond acceptors (Lipinski definition) is 6. The van der Waals surface area contributed by atoms with E-state index in [1.54, 1.807) is 6.07 Å². The molecule has 5 rings (SSSR count). The lowest BCUT2D eigenvalue weighted by Gasteiger charge is -2.33. The fourth-order valence-electron chi connectivity index (χ4n) is 4.77. The summed E-state index contributed by atoms with van der Waals surface area (Å²) in [6.45, 7) is 8.41. The SMILES string of the molecule is C=Cc1nc(NC2CCN(Cc3ccc4[nH]c(C#N)cc4c3C)CC2)c2cc(CC(F)(F)F)sc2n1. The number of thiophene rings is 1. The molecule has 2 N–H and O–H groups in total. The van der Waals surface area contributed by atoms with Crippen LogP contribution in [0.25, 0.3) is 27.2 Å². The summed E-state index contributed by atoms with van der Waals surface area (Å²) in [6.07, 6.45) is -1.95. The maximum Gasteiger partial charge on any atom is 0.393 e. The molecule has 3 aromatic heterocycles. The lowest BCUT2D eigenvalue weighted by atomic mass is 10.0. The fourth-order valence-corrected chi connectivity index (χ4v) is 5.83. The maximum atomic E-state index is 12.9. The number of aromatic amines is 1. The van der Waals surface area contributed by atoms with Crippen LogP contribution < -0.4 is 5.32 Å². The molecule has 0 saturated carbocycles. The van der Waals surface area contributed by atoms with E-state index in [-0.39, 0.29) is 10.9 Å². The van der Waals surface area contributed by atoms with E-state index in [0.717, 1.165) is 54.7 Å². The van der Waals surface area contributed by atoms with Crippen molar-refractivity contribution >= 4 is 44.4 Å². The Labute approximate surface area is 210 Å². The summed E-state index contributed by atoms with van der Waals surface area (Å²) in [5.74, 6) is 0.970. The molecule has 1 fully saturated rings. The Morgan fingerprint density at radius 3 is 2.72 bits per heavy atom. The van der Waals surface area contributed by atoms with Crippen molar-refractivity contribution < 1.29 is 13.2 Å². The monoisotopic (exact) mass is 510 g/mol. The second kappa shape index (κ2) is 9.56. The average Bonchev–Trinajstić information content (AvgIpc) is 3.44. The third kappa shape index (κ3) is 5.08. The van der Waals surface area contributed by atoms with Gasteiger partial charge in [0.15, 0.2) is 5.82 Å². The van der Waals surface area contributed by atoms with Gasteiger partial charge >= 0.3 is 6.18 Å². The standard InChI is InChI=1S/C26H25F3N6S/c1-3-23-33-24(21-11-19(12-26(27,28)29)36-25(21)34-23)32-17-6-8-35(9-7-17)14-16-4-5-22-20(15(16)2)10-18(13-30)31-22/h3-5,10-11,17,31H,1,6-9,12,14H2,2H3,(H,32,33,34). The van der Waals surface area contributed by atoms with Crippen LogP contribution in [0, 0.1) is 18.3 Å². The van der Waals surface area contributed by atoms with Crippen LogP contribution in [0.4, 0.5) is 19.0 Å². The van der Waals surface area contributed by atoms with E-state index in [9.17, 15) is 18.4 Å². The summed E-state index contributed by atoms with van der Waals surface area (Å²) in [6, 6.07) is 9.91. The zero-order valence-electron chi connectivity index (χ0n) is 19.7. The molecule has 0 radical (unpaired) electrons. The molecule has 10 heteroatoms. The number of nitrogens with one attached hydrogen (secondary N) is 2. The lowest BCUT2D eigenvalue weighted by molar-refractivity contribution is -0.126. The van der Waals surface area contributed by atoms with Gasteiger partial charge in [-0.25, -0.2) is 9.97 Å². The predicted molar refractivity (Wildman–Crippen MR) is 137 cm³/mol. The first-order chi connectivity index (χ1) is 17.2. The fraction of sp³-hybridized carbons (Fsp3) is 0.346. The first kappa shape index (κ1) is 24.3. The number of benzene rings is 1. The average molecular weight is 511 g/mol. The minimum absolute atomic E-state index is 0.161. The Bertz CT molecular complexity index is 1470. The van der Waals surface area contributed by atoms with Gasteiger partial charge < -0.3 is 10.3 Å². The number of nitriles is 1. The van der Waals surface area contributed by atoms with E-state index >= 15 is 0 Å². The number of rotatable bonds is 6. The summed E-state index contributed by atoms with van der Waals surface area (Å²) in [7, 11) is 0. The van der Waals surface area contributed by atoms with Crippen molar-refractivity contribution in [3.8, 4) is 6.07 Å². The number of anilines is 1. The zero-order chi connectivity index (χ0) is 25.4. The summed E-state index contributed by atoms with van der Waals surface area (Å²) >= 11 is 1.05. The first-order valence-electron chi connectivity index (χ1n) is 11.7. The van der Waals surface area contributed by atoms with Gasteiger partial charge in [-0.2, -0.15) is 18.4 Å². The molecule has 0 aliphatic carbocycles. The second-order valence-corrected chi connectivity index (χ2v) is 10.3. The summed E-state index contributed by atoms with van der Waals surface area (Å²) in [4.78, 5) is 15.1. The van der Waals surface area contributed by atoms with Crippen molar-refractivity contribution in [3.63, 3.8) is 0 Å². The highest BCUT2D eigenvalue weighted by atomic mass is 32.1. The normalized spacial score (nSPS) is 15.4. The first-order valence-corrected chi connectivity index (χ1v) is 12.5. The highest BCUT2D eigenvalue weighted by Gasteiger charge is 2.29. The van der Waals surface area contributed by atoms with Crippen molar-refractivity contribution in [2.24, 2.45) is 0 Å². The van der Waals surface area contributed by atoms with Crippen LogP contribution in [-0.4, -0.2) is 45.2 Å². The zero-order valence-corrected chi connectivity index (χ0v) is 20.6. The number of nitrogens with zero attached hydrogens (tertiary/aromatic N) is 4. The van der Waals surface area contributed by atoms with Crippen LogP contribution in [0.5, 0.6) is 0 Å². The van der Waals surface area contributed by atoms with Gasteiger partial charge in [0.25, 0.3) is 0 Å². The third-order valence-electron chi connectivity index (χ3n) is 6.65. The van der Waals surface area contributed by atoms with Gasteiger partial charge in [0.1, 0.15) is 22.4 Å². The molecular formula is C26H25F3N6S. The van der Waals surface area contributed by atoms with Gasteiger partial charge in [-0.1, -0.05) is 12.6 Å². The van der Waals surface area contributed by atoms with E-state index < -0.39 is 12.6 Å². The van der Waals surface area contributed by atoms with Gasteiger partial charge in [0.05, 0.1) is 11.8 Å². The highest BCUT2D eigenvalue weighted by Crippen LogP contribution is 2.34. The van der Waals surface area contributed by atoms with Crippen molar-refractivity contribution in [2.75, 3.05) is 18.4 Å². The summed E-state index contributed by atoms with van der Waals surface area (Å²) in [5, 5.41) is 14.3. The van der Waals surface area contributed by atoms with E-state index in [1.807, 2.05) is 12.1 Å². The number of halogens is 3. The summed E-state index contributed by atoms with van der Waals surface area (Å²) < 4.78 is 38.8. The minimum Gasteiger partial charge on any atom is -0.367 e. The Kier molecular flexibility index (Phi) is 6.45. The molecule has 0 unspecified atom stereocenters. The molecule has 0 spiro atoms. The topological polar surface area (TPSA) is 80.6 Å². The molecule has 1 aromatic carbocycles. The highest BCUT2D eigenvalue weighted by molar-refractivity contribution is 7.18.